The minimum Gasteiger partial charge on any atom is -0.426 e. The maximum atomic E-state index is 10.9. The number of carbonyl (C=O) groups is 1. The lowest BCUT2D eigenvalue weighted by Crippen LogP contribution is -2.00. The summed E-state index contributed by atoms with van der Waals surface area (Å²) in [5.41, 5.74) is 3.23. The molecule has 0 atom stereocenters. The summed E-state index contributed by atoms with van der Waals surface area (Å²) >= 11 is 0. The Bertz CT molecular complexity index is 474. The molecule has 0 aromatic heterocycles. The molecule has 2 rings (SSSR count). The highest BCUT2D eigenvalue weighted by Gasteiger charge is 2.10. The van der Waals surface area contributed by atoms with E-state index >= 15 is 0 Å². The maximum Gasteiger partial charge on any atom is 0.308 e. The van der Waals surface area contributed by atoms with Crippen molar-refractivity contribution in [2.75, 3.05) is 0 Å². The molecule has 2 aliphatic rings. The highest BCUT2D eigenvalue weighted by molar-refractivity contribution is 5.78. The van der Waals surface area contributed by atoms with E-state index in [9.17, 15) is 4.79 Å². The molecule has 0 fully saturated rings. The van der Waals surface area contributed by atoms with Crippen LogP contribution < -0.4 is 4.74 Å². The summed E-state index contributed by atoms with van der Waals surface area (Å²) in [7, 11) is 0. The third kappa shape index (κ3) is 1.99. The number of fused-ring (bicyclic) bond motifs is 1. The molecular weight excluding hydrogens is 188 g/mol. The fourth-order valence-corrected chi connectivity index (χ4v) is 1.55. The van der Waals surface area contributed by atoms with Crippen LogP contribution in [-0.2, 0) is 4.79 Å². The second-order valence-electron chi connectivity index (χ2n) is 3.57. The highest BCUT2D eigenvalue weighted by Crippen LogP contribution is 2.33. The van der Waals surface area contributed by atoms with Crippen molar-refractivity contribution < 1.29 is 9.53 Å². The lowest BCUT2D eigenvalue weighted by Gasteiger charge is -2.00. The Labute approximate surface area is 88.8 Å². The molecule has 0 saturated carbocycles. The first kappa shape index (κ1) is 9.71. The number of hydrogen-bond acceptors (Lipinski definition) is 2. The molecule has 0 spiro atoms. The Kier molecular flexibility index (Phi) is 2.42. The standard InChI is InChI=1S/C13H12O2/c1-9-3-5-11-6-8-13(15-10(2)14)12(11)7-4-9/h3-8H,1-2H3. The summed E-state index contributed by atoms with van der Waals surface area (Å²) in [4.78, 5) is 10.9. The zero-order chi connectivity index (χ0) is 10.8. The zero-order valence-electron chi connectivity index (χ0n) is 8.78. The van der Waals surface area contributed by atoms with Gasteiger partial charge in [-0.05, 0) is 18.6 Å². The van der Waals surface area contributed by atoms with E-state index in [4.69, 9.17) is 4.74 Å². The monoisotopic (exact) mass is 200 g/mol. The summed E-state index contributed by atoms with van der Waals surface area (Å²) in [5.74, 6) is 0.346. The summed E-state index contributed by atoms with van der Waals surface area (Å²) in [5, 5.41) is 0. The molecule has 0 saturated heterocycles. The molecule has 0 radical (unpaired) electrons. The van der Waals surface area contributed by atoms with Gasteiger partial charge < -0.3 is 4.74 Å². The Morgan fingerprint density at radius 2 is 1.73 bits per heavy atom. The van der Waals surface area contributed by atoms with Crippen molar-refractivity contribution >= 4 is 5.97 Å². The normalized spacial score (nSPS) is 10.3. The number of ether oxygens (including phenoxy) is 1. The van der Waals surface area contributed by atoms with Gasteiger partial charge in [-0.2, -0.15) is 0 Å². The van der Waals surface area contributed by atoms with Gasteiger partial charge in [0.1, 0.15) is 5.75 Å². The van der Waals surface area contributed by atoms with E-state index in [0.29, 0.717) is 5.75 Å². The first-order valence-corrected chi connectivity index (χ1v) is 4.84. The SMILES string of the molecule is CC(=O)Oc1ccc2ccc(C)ccc1-2. The summed E-state index contributed by atoms with van der Waals surface area (Å²) < 4.78 is 5.11. The molecular formula is C13H12O2. The molecule has 0 aromatic carbocycles. The van der Waals surface area contributed by atoms with E-state index in [1.807, 2.05) is 43.3 Å². The van der Waals surface area contributed by atoms with Gasteiger partial charge in [0.25, 0.3) is 0 Å². The number of rotatable bonds is 1. The van der Waals surface area contributed by atoms with E-state index in [1.165, 1.54) is 12.5 Å². The van der Waals surface area contributed by atoms with E-state index in [0.717, 1.165) is 11.1 Å². The van der Waals surface area contributed by atoms with Crippen LogP contribution in [0.15, 0.2) is 36.4 Å². The van der Waals surface area contributed by atoms with Crippen molar-refractivity contribution in [3.63, 3.8) is 0 Å². The molecule has 2 heteroatoms. The quantitative estimate of drug-likeness (QED) is 0.661. The van der Waals surface area contributed by atoms with Crippen molar-refractivity contribution in [2.24, 2.45) is 0 Å². The topological polar surface area (TPSA) is 26.3 Å². The second kappa shape index (κ2) is 3.73. The minimum absolute atomic E-state index is 0.286. The van der Waals surface area contributed by atoms with Gasteiger partial charge in [-0.3, -0.25) is 4.79 Å². The van der Waals surface area contributed by atoms with Gasteiger partial charge in [0.05, 0.1) is 0 Å². The molecule has 0 amide bonds. The number of hydrogen-bond donors (Lipinski definition) is 0. The Balaban J connectivity index is 2.50. The lowest BCUT2D eigenvalue weighted by atomic mass is 10.2. The fraction of sp³-hybridized carbons (Fsp3) is 0.154. The molecule has 2 aliphatic carbocycles. The van der Waals surface area contributed by atoms with Crippen LogP contribution in [0.5, 0.6) is 5.75 Å². The Hall–Kier alpha value is -1.83. The first-order chi connectivity index (χ1) is 7.16. The van der Waals surface area contributed by atoms with Crippen molar-refractivity contribution in [1.82, 2.24) is 0 Å². The van der Waals surface area contributed by atoms with Crippen LogP contribution >= 0.6 is 0 Å². The Morgan fingerprint density at radius 1 is 1.07 bits per heavy atom. The van der Waals surface area contributed by atoms with Crippen LogP contribution in [0, 0.1) is 6.92 Å². The average Bonchev–Trinajstić information content (AvgIpc) is 2.43. The molecule has 0 bridgehead atoms. The van der Waals surface area contributed by atoms with E-state index in [-0.39, 0.29) is 5.97 Å². The smallest absolute Gasteiger partial charge is 0.308 e. The molecule has 0 aromatic rings. The Morgan fingerprint density at radius 3 is 2.47 bits per heavy atom. The predicted octanol–water partition coefficient (Wildman–Crippen LogP) is 3.03. The maximum absolute atomic E-state index is 10.9. The van der Waals surface area contributed by atoms with Gasteiger partial charge in [0.15, 0.2) is 0 Å². The lowest BCUT2D eigenvalue weighted by molar-refractivity contribution is -0.131. The van der Waals surface area contributed by atoms with Crippen molar-refractivity contribution in [1.29, 1.82) is 0 Å². The molecule has 0 N–H and O–H groups in total. The van der Waals surface area contributed by atoms with Crippen LogP contribution in [0.1, 0.15) is 12.5 Å². The molecule has 0 aliphatic heterocycles. The second-order valence-corrected chi connectivity index (χ2v) is 3.57. The van der Waals surface area contributed by atoms with Crippen LogP contribution in [0.4, 0.5) is 0 Å². The molecule has 2 nitrogen and oxygen atoms in total. The first-order valence-electron chi connectivity index (χ1n) is 4.84. The van der Waals surface area contributed by atoms with Crippen LogP contribution in [0.25, 0.3) is 11.1 Å². The third-order valence-corrected chi connectivity index (χ3v) is 2.28. The van der Waals surface area contributed by atoms with Crippen molar-refractivity contribution in [2.45, 2.75) is 13.8 Å². The number of carbonyl (C=O) groups excluding carboxylic acids is 1. The summed E-state index contributed by atoms with van der Waals surface area (Å²) in [6, 6.07) is 11.8. The molecule has 15 heavy (non-hydrogen) atoms. The van der Waals surface area contributed by atoms with Crippen LogP contribution in [0.3, 0.4) is 0 Å². The minimum atomic E-state index is -0.286. The molecule has 76 valence electrons. The number of esters is 1. The van der Waals surface area contributed by atoms with Gasteiger partial charge >= 0.3 is 5.97 Å². The average molecular weight is 200 g/mol. The highest BCUT2D eigenvalue weighted by atomic mass is 16.5. The largest absolute Gasteiger partial charge is 0.426 e. The van der Waals surface area contributed by atoms with Crippen LogP contribution in [0.2, 0.25) is 0 Å². The van der Waals surface area contributed by atoms with E-state index < -0.39 is 0 Å². The predicted molar refractivity (Wildman–Crippen MR) is 59.1 cm³/mol. The number of aryl methyl sites for hydroxylation is 1. The molecule has 0 heterocycles. The summed E-state index contributed by atoms with van der Waals surface area (Å²) in [6.07, 6.45) is 0. The van der Waals surface area contributed by atoms with E-state index in [2.05, 4.69) is 0 Å². The fourth-order valence-electron chi connectivity index (χ4n) is 1.55. The van der Waals surface area contributed by atoms with E-state index in [1.54, 1.807) is 0 Å². The van der Waals surface area contributed by atoms with Gasteiger partial charge in [-0.1, -0.05) is 35.9 Å². The molecule has 0 unspecified atom stereocenters. The third-order valence-electron chi connectivity index (χ3n) is 2.28. The van der Waals surface area contributed by atoms with Crippen molar-refractivity contribution in [3.05, 3.63) is 42.0 Å². The zero-order valence-corrected chi connectivity index (χ0v) is 8.78. The van der Waals surface area contributed by atoms with Gasteiger partial charge in [-0.15, -0.1) is 0 Å². The van der Waals surface area contributed by atoms with Crippen molar-refractivity contribution in [3.8, 4) is 16.9 Å². The van der Waals surface area contributed by atoms with Crippen LogP contribution in [-0.4, -0.2) is 5.97 Å². The van der Waals surface area contributed by atoms with Gasteiger partial charge in [-0.25, -0.2) is 0 Å². The summed E-state index contributed by atoms with van der Waals surface area (Å²) in [6.45, 7) is 3.44. The van der Waals surface area contributed by atoms with Gasteiger partial charge in [0.2, 0.25) is 0 Å². The van der Waals surface area contributed by atoms with Gasteiger partial charge in [0, 0.05) is 12.5 Å².